The number of rotatable bonds is 5. The van der Waals surface area contributed by atoms with Crippen molar-refractivity contribution in [2.45, 2.75) is 26.1 Å². The molecule has 0 heterocycles. The maximum Gasteiger partial charge on any atom is 0.125 e. The summed E-state index contributed by atoms with van der Waals surface area (Å²) in [6, 6.07) is 15.6. The zero-order valence-corrected chi connectivity index (χ0v) is 12.0. The van der Waals surface area contributed by atoms with E-state index in [-0.39, 0.29) is 6.54 Å². The smallest absolute Gasteiger partial charge is 0.125 e. The Bertz CT molecular complexity index is 579. The van der Waals surface area contributed by atoms with Crippen LogP contribution in [0.2, 0.25) is 0 Å². The van der Waals surface area contributed by atoms with E-state index < -0.39 is 5.60 Å². The van der Waals surface area contributed by atoms with Gasteiger partial charge in [-0.3, -0.25) is 0 Å². The van der Waals surface area contributed by atoms with E-state index in [0.717, 1.165) is 11.1 Å². The largest absolute Gasteiger partial charge is 0.489 e. The van der Waals surface area contributed by atoms with Gasteiger partial charge in [-0.05, 0) is 25.5 Å². The molecule has 0 spiro atoms. The Morgan fingerprint density at radius 3 is 2.60 bits per heavy atom. The molecule has 0 saturated heterocycles. The van der Waals surface area contributed by atoms with Crippen LogP contribution < -0.4 is 10.5 Å². The molecular formula is C17H21NO2. The first-order valence-electron chi connectivity index (χ1n) is 6.73. The van der Waals surface area contributed by atoms with Gasteiger partial charge in [0.15, 0.2) is 0 Å². The van der Waals surface area contributed by atoms with Crippen LogP contribution >= 0.6 is 0 Å². The van der Waals surface area contributed by atoms with Crippen molar-refractivity contribution >= 4 is 0 Å². The quantitative estimate of drug-likeness (QED) is 0.879. The van der Waals surface area contributed by atoms with Gasteiger partial charge in [-0.15, -0.1) is 0 Å². The molecule has 20 heavy (non-hydrogen) atoms. The number of ether oxygens (including phenoxy) is 1. The molecule has 0 aliphatic rings. The van der Waals surface area contributed by atoms with Gasteiger partial charge in [-0.1, -0.05) is 48.0 Å². The van der Waals surface area contributed by atoms with Crippen LogP contribution in [0.5, 0.6) is 5.75 Å². The number of aryl methyl sites for hydroxylation is 1. The van der Waals surface area contributed by atoms with Crippen molar-refractivity contribution in [2.24, 2.45) is 5.73 Å². The van der Waals surface area contributed by atoms with E-state index in [1.54, 1.807) is 6.92 Å². The van der Waals surface area contributed by atoms with Gasteiger partial charge in [0.1, 0.15) is 18.0 Å². The first kappa shape index (κ1) is 14.6. The molecule has 1 atom stereocenters. The third-order valence-corrected chi connectivity index (χ3v) is 3.34. The van der Waals surface area contributed by atoms with Crippen molar-refractivity contribution in [3.8, 4) is 5.75 Å². The highest BCUT2D eigenvalue weighted by atomic mass is 16.5. The lowest BCUT2D eigenvalue weighted by Crippen LogP contribution is -2.31. The molecule has 1 unspecified atom stereocenters. The van der Waals surface area contributed by atoms with Crippen LogP contribution in [-0.2, 0) is 12.2 Å². The highest BCUT2D eigenvalue weighted by Gasteiger charge is 2.24. The molecule has 2 aromatic carbocycles. The molecular weight excluding hydrogens is 250 g/mol. The topological polar surface area (TPSA) is 55.5 Å². The summed E-state index contributed by atoms with van der Waals surface area (Å²) < 4.78 is 5.85. The summed E-state index contributed by atoms with van der Waals surface area (Å²) >= 11 is 0. The number of nitrogens with two attached hydrogens (primary N) is 1. The first-order chi connectivity index (χ1) is 9.53. The van der Waals surface area contributed by atoms with Crippen molar-refractivity contribution in [2.75, 3.05) is 6.54 Å². The summed E-state index contributed by atoms with van der Waals surface area (Å²) in [7, 11) is 0. The molecule has 2 aromatic rings. The zero-order chi connectivity index (χ0) is 14.6. The monoisotopic (exact) mass is 271 g/mol. The van der Waals surface area contributed by atoms with Crippen molar-refractivity contribution in [1.82, 2.24) is 0 Å². The lowest BCUT2D eigenvalue weighted by molar-refractivity contribution is 0.0629. The Hall–Kier alpha value is -1.84. The molecule has 3 N–H and O–H groups in total. The van der Waals surface area contributed by atoms with E-state index in [4.69, 9.17) is 10.5 Å². The molecule has 0 aliphatic heterocycles. The fourth-order valence-electron chi connectivity index (χ4n) is 2.11. The Labute approximate surface area is 120 Å². The second-order valence-corrected chi connectivity index (χ2v) is 5.25. The summed E-state index contributed by atoms with van der Waals surface area (Å²) in [6.07, 6.45) is 0. The maximum atomic E-state index is 10.3. The van der Waals surface area contributed by atoms with Gasteiger partial charge in [0.2, 0.25) is 0 Å². The van der Waals surface area contributed by atoms with Crippen LogP contribution in [-0.4, -0.2) is 11.7 Å². The van der Waals surface area contributed by atoms with E-state index in [2.05, 4.69) is 19.1 Å². The van der Waals surface area contributed by atoms with Gasteiger partial charge >= 0.3 is 0 Å². The molecule has 0 fully saturated rings. The molecule has 2 rings (SSSR count). The number of para-hydroxylation sites is 1. The Morgan fingerprint density at radius 1 is 1.15 bits per heavy atom. The van der Waals surface area contributed by atoms with Gasteiger partial charge < -0.3 is 15.6 Å². The van der Waals surface area contributed by atoms with Gasteiger partial charge in [-0.25, -0.2) is 0 Å². The third-order valence-electron chi connectivity index (χ3n) is 3.34. The minimum Gasteiger partial charge on any atom is -0.489 e. The Kier molecular flexibility index (Phi) is 4.42. The van der Waals surface area contributed by atoms with Crippen LogP contribution in [0.3, 0.4) is 0 Å². The molecule has 3 heteroatoms. The number of aliphatic hydroxyl groups is 1. The number of benzene rings is 2. The highest BCUT2D eigenvalue weighted by molar-refractivity contribution is 5.38. The fourth-order valence-corrected chi connectivity index (χ4v) is 2.11. The summed E-state index contributed by atoms with van der Waals surface area (Å²) in [5.74, 6) is 0.671. The van der Waals surface area contributed by atoms with E-state index in [1.165, 1.54) is 5.56 Å². The molecule has 0 bridgehead atoms. The standard InChI is InChI=1S/C17H21NO2/c1-13-6-5-7-14(10-13)11-20-16-9-4-3-8-15(16)17(2,19)12-18/h3-10,19H,11-12,18H2,1-2H3. The van der Waals surface area contributed by atoms with Gasteiger partial charge in [0.05, 0.1) is 0 Å². The van der Waals surface area contributed by atoms with Crippen molar-refractivity contribution in [1.29, 1.82) is 0 Å². The normalized spacial score (nSPS) is 13.8. The minimum atomic E-state index is -1.08. The van der Waals surface area contributed by atoms with Crippen molar-refractivity contribution < 1.29 is 9.84 Å². The molecule has 3 nitrogen and oxygen atoms in total. The lowest BCUT2D eigenvalue weighted by atomic mass is 9.95. The molecule has 0 aliphatic carbocycles. The summed E-state index contributed by atoms with van der Waals surface area (Å²) in [6.45, 7) is 4.37. The predicted molar refractivity (Wildman–Crippen MR) is 80.6 cm³/mol. The maximum absolute atomic E-state index is 10.3. The van der Waals surface area contributed by atoms with Crippen molar-refractivity contribution in [3.63, 3.8) is 0 Å². The van der Waals surface area contributed by atoms with Crippen molar-refractivity contribution in [3.05, 3.63) is 65.2 Å². The fraction of sp³-hybridized carbons (Fsp3) is 0.294. The van der Waals surface area contributed by atoms with E-state index in [9.17, 15) is 5.11 Å². The van der Waals surface area contributed by atoms with Crippen LogP contribution in [0.25, 0.3) is 0 Å². The van der Waals surface area contributed by atoms with Crippen LogP contribution in [0, 0.1) is 6.92 Å². The molecule has 0 aromatic heterocycles. The lowest BCUT2D eigenvalue weighted by Gasteiger charge is -2.24. The molecule has 0 saturated carbocycles. The van der Waals surface area contributed by atoms with Crippen LogP contribution in [0.1, 0.15) is 23.6 Å². The van der Waals surface area contributed by atoms with Crippen LogP contribution in [0.4, 0.5) is 0 Å². The first-order valence-corrected chi connectivity index (χ1v) is 6.73. The average Bonchev–Trinajstić information content (AvgIpc) is 2.45. The predicted octanol–water partition coefficient (Wildman–Crippen LogP) is 2.74. The van der Waals surface area contributed by atoms with E-state index >= 15 is 0 Å². The second kappa shape index (κ2) is 6.07. The van der Waals surface area contributed by atoms with Gasteiger partial charge in [0.25, 0.3) is 0 Å². The molecule has 0 radical (unpaired) electrons. The summed E-state index contributed by atoms with van der Waals surface area (Å²) in [5, 5.41) is 10.3. The van der Waals surface area contributed by atoms with Gasteiger partial charge in [0, 0.05) is 12.1 Å². The number of hydrogen-bond donors (Lipinski definition) is 2. The third kappa shape index (κ3) is 3.38. The highest BCUT2D eigenvalue weighted by Crippen LogP contribution is 2.29. The zero-order valence-electron chi connectivity index (χ0n) is 12.0. The summed E-state index contributed by atoms with van der Waals surface area (Å²) in [5.41, 5.74) is 7.57. The minimum absolute atomic E-state index is 0.151. The molecule has 0 amide bonds. The average molecular weight is 271 g/mol. The number of hydrogen-bond acceptors (Lipinski definition) is 3. The molecule has 106 valence electrons. The summed E-state index contributed by atoms with van der Waals surface area (Å²) in [4.78, 5) is 0. The second-order valence-electron chi connectivity index (χ2n) is 5.25. The van der Waals surface area contributed by atoms with Crippen LogP contribution in [0.15, 0.2) is 48.5 Å². The SMILES string of the molecule is Cc1cccc(COc2ccccc2C(C)(O)CN)c1. The van der Waals surface area contributed by atoms with E-state index in [0.29, 0.717) is 12.4 Å². The Balaban J connectivity index is 2.18. The Morgan fingerprint density at radius 2 is 1.90 bits per heavy atom. The van der Waals surface area contributed by atoms with E-state index in [1.807, 2.05) is 36.4 Å². The van der Waals surface area contributed by atoms with Gasteiger partial charge in [-0.2, -0.15) is 0 Å².